The lowest BCUT2D eigenvalue weighted by atomic mass is 9.97. The molecule has 0 amide bonds. The fraction of sp³-hybridized carbons (Fsp3) is 0.375. The van der Waals surface area contributed by atoms with Crippen molar-refractivity contribution >= 4 is 28.4 Å². The van der Waals surface area contributed by atoms with Gasteiger partial charge in [-0.25, -0.2) is 0 Å². The van der Waals surface area contributed by atoms with E-state index in [1.54, 1.807) is 20.3 Å². The summed E-state index contributed by atoms with van der Waals surface area (Å²) in [4.78, 5) is 22.7. The Morgan fingerprint density at radius 3 is 2.84 bits per heavy atom. The van der Waals surface area contributed by atoms with Crippen molar-refractivity contribution in [3.63, 3.8) is 0 Å². The van der Waals surface area contributed by atoms with E-state index in [-0.39, 0.29) is 5.56 Å². The maximum absolute atomic E-state index is 12.9. The maximum atomic E-state index is 12.9. The highest BCUT2D eigenvalue weighted by Crippen LogP contribution is 2.35. The van der Waals surface area contributed by atoms with Gasteiger partial charge in [0, 0.05) is 36.8 Å². The van der Waals surface area contributed by atoms with Crippen LogP contribution in [0.3, 0.4) is 0 Å². The summed E-state index contributed by atoms with van der Waals surface area (Å²) in [5, 5.41) is 11.9. The molecule has 0 atom stereocenters. The molecular formula is C24H29N5O3. The number of aromatic nitrogens is 2. The van der Waals surface area contributed by atoms with Crippen molar-refractivity contribution in [1.82, 2.24) is 9.97 Å². The smallest absolute Gasteiger partial charge is 0.282 e. The Bertz CT molecular complexity index is 1230. The van der Waals surface area contributed by atoms with Gasteiger partial charge < -0.3 is 24.7 Å². The van der Waals surface area contributed by atoms with Gasteiger partial charge in [0.1, 0.15) is 0 Å². The van der Waals surface area contributed by atoms with Crippen LogP contribution in [0.4, 0.5) is 11.6 Å². The molecule has 0 saturated carbocycles. The number of hydrogen-bond donors (Lipinski definition) is 3. The predicted octanol–water partition coefficient (Wildman–Crippen LogP) is 4.00. The van der Waals surface area contributed by atoms with Gasteiger partial charge in [-0.1, -0.05) is 19.1 Å². The van der Waals surface area contributed by atoms with Crippen LogP contribution in [0.1, 0.15) is 36.5 Å². The van der Waals surface area contributed by atoms with Gasteiger partial charge in [-0.2, -0.15) is 4.98 Å². The number of ether oxygens (including phenoxy) is 2. The zero-order chi connectivity index (χ0) is 22.8. The van der Waals surface area contributed by atoms with Crippen molar-refractivity contribution in [3.8, 4) is 11.5 Å². The molecule has 168 valence electrons. The van der Waals surface area contributed by atoms with Crippen LogP contribution in [0.5, 0.6) is 11.5 Å². The highest BCUT2D eigenvalue weighted by atomic mass is 16.5. The van der Waals surface area contributed by atoms with Gasteiger partial charge in [-0.15, -0.1) is 0 Å². The molecule has 2 heterocycles. The fourth-order valence-corrected chi connectivity index (χ4v) is 4.38. The van der Waals surface area contributed by atoms with E-state index in [9.17, 15) is 4.79 Å². The van der Waals surface area contributed by atoms with Crippen LogP contribution in [0.25, 0.3) is 10.9 Å². The molecule has 4 rings (SSSR count). The summed E-state index contributed by atoms with van der Waals surface area (Å²) < 4.78 is 10.9. The topological polar surface area (TPSA) is 103 Å². The minimum atomic E-state index is -0.290. The molecule has 3 aromatic rings. The molecule has 0 radical (unpaired) electrons. The number of benzene rings is 2. The number of aryl methyl sites for hydroxylation is 1. The molecule has 0 spiro atoms. The highest BCUT2D eigenvalue weighted by molar-refractivity contribution is 5.94. The van der Waals surface area contributed by atoms with E-state index in [0.717, 1.165) is 30.5 Å². The van der Waals surface area contributed by atoms with Crippen LogP contribution >= 0.6 is 0 Å². The molecule has 0 fully saturated rings. The van der Waals surface area contributed by atoms with E-state index in [4.69, 9.17) is 14.9 Å². The quantitative estimate of drug-likeness (QED) is 0.399. The van der Waals surface area contributed by atoms with Gasteiger partial charge in [-0.3, -0.25) is 10.2 Å². The number of H-pyrrole nitrogens is 1. The summed E-state index contributed by atoms with van der Waals surface area (Å²) in [5.41, 5.74) is 4.46. The van der Waals surface area contributed by atoms with E-state index < -0.39 is 0 Å². The Hall–Kier alpha value is -3.55. The Morgan fingerprint density at radius 1 is 1.31 bits per heavy atom. The number of nitrogens with one attached hydrogen (secondary N) is 3. The first kappa shape index (κ1) is 21.7. The number of amidine groups is 1. The van der Waals surface area contributed by atoms with Crippen molar-refractivity contribution in [2.75, 3.05) is 31.0 Å². The summed E-state index contributed by atoms with van der Waals surface area (Å²) in [6.07, 6.45) is 2.46. The van der Waals surface area contributed by atoms with Crippen LogP contribution in [-0.2, 0) is 13.0 Å². The molecular weight excluding hydrogens is 406 g/mol. The molecule has 0 aliphatic carbocycles. The monoisotopic (exact) mass is 435 g/mol. The molecule has 3 N–H and O–H groups in total. The number of fused-ring (bicyclic) bond motifs is 2. The van der Waals surface area contributed by atoms with Gasteiger partial charge in [0.25, 0.3) is 5.56 Å². The van der Waals surface area contributed by atoms with Crippen molar-refractivity contribution in [3.05, 3.63) is 51.3 Å². The molecule has 1 aliphatic heterocycles. The van der Waals surface area contributed by atoms with Gasteiger partial charge in [0.2, 0.25) is 5.95 Å². The van der Waals surface area contributed by atoms with Crippen LogP contribution in [0, 0.1) is 12.3 Å². The minimum absolute atomic E-state index is 0.290. The molecule has 2 aromatic carbocycles. The minimum Gasteiger partial charge on any atom is -0.493 e. The molecule has 32 heavy (non-hydrogen) atoms. The Labute approximate surface area is 187 Å². The summed E-state index contributed by atoms with van der Waals surface area (Å²) in [5.74, 6) is 2.18. The lowest BCUT2D eigenvalue weighted by molar-refractivity contribution is 0.354. The summed E-state index contributed by atoms with van der Waals surface area (Å²) in [6, 6.07) is 7.90. The zero-order valence-electron chi connectivity index (χ0n) is 19.0. The van der Waals surface area contributed by atoms with Gasteiger partial charge in [-0.05, 0) is 37.0 Å². The first-order chi connectivity index (χ1) is 15.5. The summed E-state index contributed by atoms with van der Waals surface area (Å²) >= 11 is 0. The van der Waals surface area contributed by atoms with E-state index in [1.807, 2.05) is 19.1 Å². The Morgan fingerprint density at radius 2 is 2.12 bits per heavy atom. The van der Waals surface area contributed by atoms with Crippen LogP contribution < -0.4 is 25.2 Å². The van der Waals surface area contributed by atoms with Gasteiger partial charge in [0.05, 0.1) is 31.0 Å². The zero-order valence-corrected chi connectivity index (χ0v) is 19.0. The third-order valence-electron chi connectivity index (χ3n) is 5.93. The molecule has 0 saturated heterocycles. The lowest BCUT2D eigenvalue weighted by Crippen LogP contribution is -2.33. The lowest BCUT2D eigenvalue weighted by Gasteiger charge is -2.31. The van der Waals surface area contributed by atoms with Crippen molar-refractivity contribution in [1.29, 1.82) is 5.41 Å². The SMILES string of the molecule is CCCC(=N)Nc1cccc2c1CCN(c1nc(=O)c3c(C)c(OC)c(OC)cc3[nH]1)C2. The number of rotatable bonds is 6. The third kappa shape index (κ3) is 3.88. The standard InChI is InChI=1S/C24H29N5O3/c1-5-7-20(25)26-17-9-6-8-15-13-29(11-10-16(15)17)24-27-18-12-19(31-3)22(32-4)14(2)21(18)23(30)28-24/h6,8-9,12H,5,7,10-11,13H2,1-4H3,(H2,25,26)(H,27,28,30). The van der Waals surface area contributed by atoms with Gasteiger partial charge in [0.15, 0.2) is 11.5 Å². The molecule has 0 bridgehead atoms. The van der Waals surface area contributed by atoms with Gasteiger partial charge >= 0.3 is 0 Å². The predicted molar refractivity (Wildman–Crippen MR) is 128 cm³/mol. The number of aromatic amines is 1. The average molecular weight is 436 g/mol. The summed E-state index contributed by atoms with van der Waals surface area (Å²) in [7, 11) is 3.14. The average Bonchev–Trinajstić information content (AvgIpc) is 2.78. The van der Waals surface area contributed by atoms with E-state index in [0.29, 0.717) is 52.8 Å². The number of nitrogens with zero attached hydrogens (tertiary/aromatic N) is 2. The number of methoxy groups -OCH3 is 2. The summed E-state index contributed by atoms with van der Waals surface area (Å²) in [6.45, 7) is 5.25. The van der Waals surface area contributed by atoms with E-state index in [2.05, 4.69) is 33.2 Å². The third-order valence-corrected chi connectivity index (χ3v) is 5.93. The fourth-order valence-electron chi connectivity index (χ4n) is 4.38. The molecule has 0 unspecified atom stereocenters. The number of hydrogen-bond acceptors (Lipinski definition) is 6. The maximum Gasteiger partial charge on any atom is 0.282 e. The molecule has 8 nitrogen and oxygen atoms in total. The second-order valence-corrected chi connectivity index (χ2v) is 7.99. The van der Waals surface area contributed by atoms with Crippen molar-refractivity contribution < 1.29 is 9.47 Å². The molecule has 8 heteroatoms. The van der Waals surface area contributed by atoms with Crippen LogP contribution in [0.2, 0.25) is 0 Å². The van der Waals surface area contributed by atoms with Crippen LogP contribution in [0.15, 0.2) is 29.1 Å². The van der Waals surface area contributed by atoms with E-state index in [1.165, 1.54) is 5.56 Å². The van der Waals surface area contributed by atoms with Crippen LogP contribution in [-0.4, -0.2) is 36.6 Å². The largest absolute Gasteiger partial charge is 0.493 e. The number of anilines is 2. The second-order valence-electron chi connectivity index (χ2n) is 7.99. The second kappa shape index (κ2) is 8.90. The van der Waals surface area contributed by atoms with E-state index >= 15 is 0 Å². The molecule has 1 aliphatic rings. The Balaban J connectivity index is 1.68. The van der Waals surface area contributed by atoms with Crippen molar-refractivity contribution in [2.24, 2.45) is 0 Å². The molecule has 1 aromatic heterocycles. The normalized spacial score (nSPS) is 13.1. The highest BCUT2D eigenvalue weighted by Gasteiger charge is 2.23. The Kier molecular flexibility index (Phi) is 6.03. The first-order valence-electron chi connectivity index (χ1n) is 10.8. The first-order valence-corrected chi connectivity index (χ1v) is 10.8. The van der Waals surface area contributed by atoms with Crippen molar-refractivity contribution in [2.45, 2.75) is 39.7 Å².